The number of carbonyl (C=O) groups is 1. The second kappa shape index (κ2) is 5.60. The van der Waals surface area contributed by atoms with Crippen molar-refractivity contribution in [3.05, 3.63) is 53.9 Å². The fraction of sp³-hybridized carbons (Fsp3) is 0.286. The number of nitrogens with zero attached hydrogens (tertiary/aromatic N) is 2. The molecule has 0 aliphatic carbocycles. The van der Waals surface area contributed by atoms with Crippen LogP contribution in [0, 0.1) is 0 Å². The Labute approximate surface area is 106 Å². The average Bonchev–Trinajstić information content (AvgIpc) is 2.87. The van der Waals surface area contributed by atoms with E-state index in [0.717, 1.165) is 5.56 Å². The molecule has 2 rings (SSSR count). The van der Waals surface area contributed by atoms with Crippen molar-refractivity contribution in [1.82, 2.24) is 9.78 Å². The Morgan fingerprint density at radius 3 is 2.72 bits per heavy atom. The highest BCUT2D eigenvalue weighted by molar-refractivity contribution is 5.98. The molecule has 0 bridgehead atoms. The smallest absolute Gasteiger partial charge is 0.197 e. The van der Waals surface area contributed by atoms with Crippen LogP contribution in [0.25, 0.3) is 0 Å². The molecule has 0 radical (unpaired) electrons. The lowest BCUT2D eigenvalue weighted by molar-refractivity contribution is 0.0950. The van der Waals surface area contributed by atoms with Gasteiger partial charge in [-0.25, -0.2) is 0 Å². The molecule has 1 unspecified atom stereocenters. The zero-order valence-corrected chi connectivity index (χ0v) is 10.4. The van der Waals surface area contributed by atoms with E-state index in [2.05, 4.69) is 5.10 Å². The second-order valence-electron chi connectivity index (χ2n) is 4.19. The number of nitrogens with two attached hydrogens (primary N) is 1. The molecule has 4 heteroatoms. The van der Waals surface area contributed by atoms with Gasteiger partial charge in [-0.15, -0.1) is 0 Å². The highest BCUT2D eigenvalue weighted by Crippen LogP contribution is 2.08. The normalized spacial score (nSPS) is 12.3. The molecule has 1 aromatic carbocycles. The third-order valence-electron chi connectivity index (χ3n) is 2.90. The van der Waals surface area contributed by atoms with Crippen LogP contribution in [0.3, 0.4) is 0 Å². The summed E-state index contributed by atoms with van der Waals surface area (Å²) >= 11 is 0. The highest BCUT2D eigenvalue weighted by Gasteiger charge is 2.19. The number of aromatic nitrogens is 2. The fourth-order valence-corrected chi connectivity index (χ4v) is 1.94. The molecule has 0 saturated carbocycles. The third-order valence-corrected chi connectivity index (χ3v) is 2.90. The lowest BCUT2D eigenvalue weighted by Crippen LogP contribution is -2.34. The first-order valence-corrected chi connectivity index (χ1v) is 6.08. The van der Waals surface area contributed by atoms with E-state index in [4.69, 9.17) is 5.73 Å². The van der Waals surface area contributed by atoms with Crippen molar-refractivity contribution in [2.75, 3.05) is 0 Å². The molecule has 1 aromatic heterocycles. The Kier molecular flexibility index (Phi) is 3.89. The summed E-state index contributed by atoms with van der Waals surface area (Å²) in [6, 6.07) is 11.0. The van der Waals surface area contributed by atoms with E-state index >= 15 is 0 Å². The summed E-state index contributed by atoms with van der Waals surface area (Å²) < 4.78 is 1.67. The Bertz CT molecular complexity index is 519. The van der Waals surface area contributed by atoms with Gasteiger partial charge in [0.15, 0.2) is 5.78 Å². The third kappa shape index (κ3) is 2.65. The standard InChI is InChI=1S/C14H17N3O/c1-2-17-13(8-9-16-17)14(18)12(15)10-11-6-4-3-5-7-11/h3-9,12H,2,10,15H2,1H3. The summed E-state index contributed by atoms with van der Waals surface area (Å²) in [5, 5.41) is 4.09. The van der Waals surface area contributed by atoms with Gasteiger partial charge in [0, 0.05) is 12.7 Å². The fourth-order valence-electron chi connectivity index (χ4n) is 1.94. The van der Waals surface area contributed by atoms with Crippen LogP contribution in [-0.2, 0) is 13.0 Å². The second-order valence-corrected chi connectivity index (χ2v) is 4.19. The van der Waals surface area contributed by atoms with Gasteiger partial charge < -0.3 is 5.73 Å². The van der Waals surface area contributed by atoms with E-state index in [1.54, 1.807) is 16.9 Å². The van der Waals surface area contributed by atoms with Gasteiger partial charge in [0.25, 0.3) is 0 Å². The molecule has 1 atom stereocenters. The largest absolute Gasteiger partial charge is 0.321 e. The van der Waals surface area contributed by atoms with E-state index in [1.165, 1.54) is 0 Å². The Hall–Kier alpha value is -1.94. The van der Waals surface area contributed by atoms with Crippen LogP contribution in [0.5, 0.6) is 0 Å². The summed E-state index contributed by atoms with van der Waals surface area (Å²) in [4.78, 5) is 12.2. The first kappa shape index (κ1) is 12.5. The van der Waals surface area contributed by atoms with Crippen molar-refractivity contribution in [2.24, 2.45) is 5.73 Å². The number of aryl methyl sites for hydroxylation is 1. The van der Waals surface area contributed by atoms with Gasteiger partial charge in [-0.3, -0.25) is 9.48 Å². The van der Waals surface area contributed by atoms with Gasteiger partial charge in [-0.2, -0.15) is 5.10 Å². The van der Waals surface area contributed by atoms with E-state index in [-0.39, 0.29) is 5.78 Å². The molecule has 0 saturated heterocycles. The van der Waals surface area contributed by atoms with Gasteiger partial charge in [0.2, 0.25) is 0 Å². The first-order valence-electron chi connectivity index (χ1n) is 6.08. The Morgan fingerprint density at radius 1 is 1.33 bits per heavy atom. The maximum absolute atomic E-state index is 12.2. The summed E-state index contributed by atoms with van der Waals surface area (Å²) in [6.45, 7) is 2.62. The van der Waals surface area contributed by atoms with Crippen molar-refractivity contribution >= 4 is 5.78 Å². The van der Waals surface area contributed by atoms with Crippen LogP contribution < -0.4 is 5.73 Å². The molecular weight excluding hydrogens is 226 g/mol. The van der Waals surface area contributed by atoms with Crippen LogP contribution in [0.2, 0.25) is 0 Å². The SMILES string of the molecule is CCn1nccc1C(=O)C(N)Cc1ccccc1. The molecular formula is C14H17N3O. The Balaban J connectivity index is 2.10. The minimum atomic E-state index is -0.519. The Morgan fingerprint density at radius 2 is 2.06 bits per heavy atom. The molecule has 94 valence electrons. The summed E-state index contributed by atoms with van der Waals surface area (Å²) in [6.07, 6.45) is 2.18. The number of carbonyl (C=O) groups excluding carboxylic acids is 1. The van der Waals surface area contributed by atoms with Crippen molar-refractivity contribution in [3.63, 3.8) is 0 Å². The van der Waals surface area contributed by atoms with Gasteiger partial charge in [0.1, 0.15) is 5.69 Å². The maximum Gasteiger partial charge on any atom is 0.197 e. The molecule has 0 spiro atoms. The van der Waals surface area contributed by atoms with Gasteiger partial charge in [-0.1, -0.05) is 30.3 Å². The monoisotopic (exact) mass is 243 g/mol. The molecule has 2 N–H and O–H groups in total. The molecule has 2 aromatic rings. The lowest BCUT2D eigenvalue weighted by atomic mass is 10.0. The molecule has 0 amide bonds. The minimum Gasteiger partial charge on any atom is -0.321 e. The number of ketones is 1. The predicted octanol–water partition coefficient (Wildman–Crippen LogP) is 1.66. The van der Waals surface area contributed by atoms with Gasteiger partial charge in [-0.05, 0) is 25.0 Å². The average molecular weight is 243 g/mol. The van der Waals surface area contributed by atoms with Crippen LogP contribution in [-0.4, -0.2) is 21.6 Å². The lowest BCUT2D eigenvalue weighted by Gasteiger charge is -2.11. The quantitative estimate of drug-likeness (QED) is 0.812. The molecule has 0 aliphatic rings. The number of hydrogen-bond donors (Lipinski definition) is 1. The molecule has 4 nitrogen and oxygen atoms in total. The first-order chi connectivity index (χ1) is 8.72. The van der Waals surface area contributed by atoms with Crippen LogP contribution in [0.1, 0.15) is 23.0 Å². The van der Waals surface area contributed by atoms with Crippen molar-refractivity contribution < 1.29 is 4.79 Å². The summed E-state index contributed by atoms with van der Waals surface area (Å²) in [5.41, 5.74) is 7.63. The zero-order valence-electron chi connectivity index (χ0n) is 10.4. The number of rotatable bonds is 5. The van der Waals surface area contributed by atoms with Crippen molar-refractivity contribution in [1.29, 1.82) is 0 Å². The van der Waals surface area contributed by atoms with E-state index < -0.39 is 6.04 Å². The van der Waals surface area contributed by atoms with Gasteiger partial charge in [0.05, 0.1) is 6.04 Å². The maximum atomic E-state index is 12.2. The predicted molar refractivity (Wildman–Crippen MR) is 70.4 cm³/mol. The van der Waals surface area contributed by atoms with E-state index in [1.807, 2.05) is 37.3 Å². The van der Waals surface area contributed by atoms with Crippen LogP contribution >= 0.6 is 0 Å². The molecule has 0 fully saturated rings. The number of Topliss-reactive ketones (excluding diaryl/α,β-unsaturated/α-hetero) is 1. The van der Waals surface area contributed by atoms with Crippen LogP contribution in [0.4, 0.5) is 0 Å². The van der Waals surface area contributed by atoms with Gasteiger partial charge >= 0.3 is 0 Å². The number of hydrogen-bond acceptors (Lipinski definition) is 3. The van der Waals surface area contributed by atoms with E-state index in [0.29, 0.717) is 18.7 Å². The summed E-state index contributed by atoms with van der Waals surface area (Å²) in [5.74, 6) is -0.0572. The zero-order chi connectivity index (χ0) is 13.0. The number of benzene rings is 1. The van der Waals surface area contributed by atoms with Crippen LogP contribution in [0.15, 0.2) is 42.6 Å². The van der Waals surface area contributed by atoms with Crippen molar-refractivity contribution in [2.45, 2.75) is 25.9 Å². The highest BCUT2D eigenvalue weighted by atomic mass is 16.1. The molecule has 0 aliphatic heterocycles. The topological polar surface area (TPSA) is 60.9 Å². The van der Waals surface area contributed by atoms with E-state index in [9.17, 15) is 4.79 Å². The summed E-state index contributed by atoms with van der Waals surface area (Å²) in [7, 11) is 0. The van der Waals surface area contributed by atoms with Crippen molar-refractivity contribution in [3.8, 4) is 0 Å². The minimum absolute atomic E-state index is 0.0572. The molecule has 18 heavy (non-hydrogen) atoms. The molecule has 1 heterocycles.